The van der Waals surface area contributed by atoms with Gasteiger partial charge in [-0.1, -0.05) is 0 Å². The average molecular weight is 504 g/mol. The third kappa shape index (κ3) is 4.31. The molecule has 1 aliphatic rings. The Balaban J connectivity index is 1.57. The van der Waals surface area contributed by atoms with Crippen molar-refractivity contribution in [1.29, 1.82) is 0 Å². The Morgan fingerprint density at radius 1 is 1.24 bits per heavy atom. The number of ether oxygens (including phenoxy) is 1. The van der Waals surface area contributed by atoms with Crippen molar-refractivity contribution in [1.82, 2.24) is 20.3 Å². The van der Waals surface area contributed by atoms with Crippen molar-refractivity contribution in [2.75, 3.05) is 18.1 Å². The standard InChI is InChI=1S/C21H18ClN5O4S2/c1-10-7-23-17-16-12-3-6-15(26-13(12)4-5-14(16)32-18(17)19(28)25-10)31-20-11(9-33(2,29)30)8-24-21(22)27-20/h3-6,8,10,23H,7,9H2,1-2H3,(H,25,28)/t10-/m1/s1. The lowest BCUT2D eigenvalue weighted by molar-refractivity contribution is 0.0949. The first-order chi connectivity index (χ1) is 15.7. The molecular weight excluding hydrogens is 486 g/mol. The number of pyridine rings is 1. The van der Waals surface area contributed by atoms with E-state index in [4.69, 9.17) is 16.3 Å². The van der Waals surface area contributed by atoms with Gasteiger partial charge in [0.1, 0.15) is 4.88 Å². The zero-order valence-electron chi connectivity index (χ0n) is 17.5. The highest BCUT2D eigenvalue weighted by Gasteiger charge is 2.25. The summed E-state index contributed by atoms with van der Waals surface area (Å²) in [5, 5.41) is 8.10. The van der Waals surface area contributed by atoms with Crippen LogP contribution in [-0.2, 0) is 15.6 Å². The van der Waals surface area contributed by atoms with E-state index in [1.807, 2.05) is 25.1 Å². The monoisotopic (exact) mass is 503 g/mol. The van der Waals surface area contributed by atoms with Gasteiger partial charge in [-0.3, -0.25) is 4.79 Å². The number of nitrogens with zero attached hydrogens (tertiary/aromatic N) is 3. The van der Waals surface area contributed by atoms with Gasteiger partial charge in [0.15, 0.2) is 9.84 Å². The van der Waals surface area contributed by atoms with Gasteiger partial charge in [-0.25, -0.2) is 18.4 Å². The number of hydrogen-bond donors (Lipinski definition) is 2. The third-order valence-electron chi connectivity index (χ3n) is 5.08. The molecule has 0 bridgehead atoms. The molecule has 12 heteroatoms. The molecule has 0 saturated heterocycles. The van der Waals surface area contributed by atoms with Crippen molar-refractivity contribution >= 4 is 65.4 Å². The molecule has 1 aromatic carbocycles. The molecular formula is C21H18ClN5O4S2. The first-order valence-electron chi connectivity index (χ1n) is 9.96. The summed E-state index contributed by atoms with van der Waals surface area (Å²) < 4.78 is 30.3. The Kier molecular flexibility index (Phi) is 5.34. The molecule has 0 radical (unpaired) electrons. The van der Waals surface area contributed by atoms with Crippen molar-refractivity contribution in [3.05, 3.63) is 46.2 Å². The van der Waals surface area contributed by atoms with E-state index in [1.54, 1.807) is 6.07 Å². The van der Waals surface area contributed by atoms with Crippen LogP contribution in [0.2, 0.25) is 5.28 Å². The molecule has 1 aliphatic heterocycles. The molecule has 0 spiro atoms. The Morgan fingerprint density at radius 3 is 2.85 bits per heavy atom. The topological polar surface area (TPSA) is 123 Å². The van der Waals surface area contributed by atoms with Gasteiger partial charge in [0.25, 0.3) is 5.91 Å². The Bertz CT molecular complexity index is 1540. The predicted octanol–water partition coefficient (Wildman–Crippen LogP) is 3.77. The summed E-state index contributed by atoms with van der Waals surface area (Å²) in [7, 11) is -3.34. The summed E-state index contributed by atoms with van der Waals surface area (Å²) in [6.07, 6.45) is 2.44. The van der Waals surface area contributed by atoms with Crippen LogP contribution < -0.4 is 15.4 Å². The Hall–Kier alpha value is -3.02. The van der Waals surface area contributed by atoms with Gasteiger partial charge in [0.2, 0.25) is 17.0 Å². The van der Waals surface area contributed by atoms with Gasteiger partial charge in [-0.2, -0.15) is 4.98 Å². The van der Waals surface area contributed by atoms with E-state index in [9.17, 15) is 13.2 Å². The number of sulfone groups is 1. The molecule has 4 aromatic rings. The van der Waals surface area contributed by atoms with E-state index in [0.717, 1.165) is 27.4 Å². The highest BCUT2D eigenvalue weighted by atomic mass is 35.5. The van der Waals surface area contributed by atoms with E-state index in [0.29, 0.717) is 16.9 Å². The van der Waals surface area contributed by atoms with Gasteiger partial charge >= 0.3 is 0 Å². The highest BCUT2D eigenvalue weighted by molar-refractivity contribution is 7.89. The summed E-state index contributed by atoms with van der Waals surface area (Å²) in [4.78, 5) is 25.7. The second kappa shape index (κ2) is 8.08. The number of carbonyl (C=O) groups excluding carboxylic acids is 1. The normalized spacial score (nSPS) is 16.2. The fraction of sp³-hybridized carbons (Fsp3) is 0.238. The minimum absolute atomic E-state index is 0.0149. The van der Waals surface area contributed by atoms with Crippen LogP contribution in [0, 0.1) is 0 Å². The van der Waals surface area contributed by atoms with Crippen LogP contribution >= 0.6 is 22.9 Å². The number of nitrogens with one attached hydrogen (secondary N) is 2. The summed E-state index contributed by atoms with van der Waals surface area (Å²) in [6.45, 7) is 2.57. The molecule has 1 atom stereocenters. The number of thiophene rings is 1. The number of halogens is 1. The van der Waals surface area contributed by atoms with E-state index in [1.165, 1.54) is 17.5 Å². The highest BCUT2D eigenvalue weighted by Crippen LogP contribution is 2.41. The molecule has 0 unspecified atom stereocenters. The van der Waals surface area contributed by atoms with Gasteiger partial charge in [0.05, 0.1) is 17.0 Å². The van der Waals surface area contributed by atoms with Crippen molar-refractivity contribution in [3.63, 3.8) is 0 Å². The van der Waals surface area contributed by atoms with Gasteiger partial charge in [-0.15, -0.1) is 11.3 Å². The lowest BCUT2D eigenvalue weighted by Gasteiger charge is -2.11. The molecule has 170 valence electrons. The lowest BCUT2D eigenvalue weighted by Crippen LogP contribution is -2.34. The van der Waals surface area contributed by atoms with Crippen LogP contribution in [-0.4, -0.2) is 48.1 Å². The maximum atomic E-state index is 12.6. The van der Waals surface area contributed by atoms with Crippen molar-refractivity contribution < 1.29 is 17.9 Å². The first-order valence-corrected chi connectivity index (χ1v) is 13.2. The van der Waals surface area contributed by atoms with E-state index < -0.39 is 9.84 Å². The predicted molar refractivity (Wildman–Crippen MR) is 128 cm³/mol. The number of aromatic nitrogens is 3. The molecule has 0 aliphatic carbocycles. The molecule has 0 saturated carbocycles. The summed E-state index contributed by atoms with van der Waals surface area (Å²) in [5.41, 5.74) is 1.74. The minimum Gasteiger partial charge on any atom is -0.420 e. The van der Waals surface area contributed by atoms with Gasteiger partial charge in [0, 0.05) is 52.1 Å². The Morgan fingerprint density at radius 2 is 2.06 bits per heavy atom. The first kappa shape index (κ1) is 21.8. The van der Waals surface area contributed by atoms with Crippen molar-refractivity contribution in [3.8, 4) is 11.8 Å². The van der Waals surface area contributed by atoms with Crippen LogP contribution in [0.4, 0.5) is 5.69 Å². The van der Waals surface area contributed by atoms with Crippen molar-refractivity contribution in [2.24, 2.45) is 0 Å². The molecule has 9 nitrogen and oxygen atoms in total. The molecule has 5 rings (SSSR count). The number of anilines is 1. The molecule has 1 amide bonds. The number of rotatable bonds is 4. The number of benzene rings is 1. The third-order valence-corrected chi connectivity index (χ3v) is 7.25. The summed E-state index contributed by atoms with van der Waals surface area (Å²) >= 11 is 7.33. The summed E-state index contributed by atoms with van der Waals surface area (Å²) in [6, 6.07) is 7.32. The zero-order valence-corrected chi connectivity index (χ0v) is 19.9. The molecule has 33 heavy (non-hydrogen) atoms. The lowest BCUT2D eigenvalue weighted by atomic mass is 10.1. The average Bonchev–Trinajstić information content (AvgIpc) is 3.06. The van der Waals surface area contributed by atoms with Crippen LogP contribution in [0.1, 0.15) is 22.2 Å². The summed E-state index contributed by atoms with van der Waals surface area (Å²) in [5.74, 6) is -0.123. The minimum atomic E-state index is -3.34. The molecule has 0 fully saturated rings. The fourth-order valence-electron chi connectivity index (χ4n) is 3.70. The Labute approximate surface area is 198 Å². The van der Waals surface area contributed by atoms with Gasteiger partial charge in [-0.05, 0) is 36.7 Å². The molecule has 3 aromatic heterocycles. The van der Waals surface area contributed by atoms with E-state index in [2.05, 4.69) is 25.6 Å². The SMILES string of the molecule is C[C@@H]1CNc2c(sc3ccc4nc(Oc5nc(Cl)ncc5CS(C)(=O)=O)ccc4c23)C(=O)N1. The molecule has 4 heterocycles. The smallest absolute Gasteiger partial charge is 0.263 e. The van der Waals surface area contributed by atoms with E-state index in [-0.39, 0.29) is 40.3 Å². The zero-order chi connectivity index (χ0) is 23.3. The maximum absolute atomic E-state index is 12.6. The number of carbonyl (C=O) groups is 1. The quantitative estimate of drug-likeness (QED) is 0.403. The second-order valence-corrected chi connectivity index (χ2v) is 11.4. The fourth-order valence-corrected chi connectivity index (χ4v) is 5.69. The van der Waals surface area contributed by atoms with Crippen LogP contribution in [0.3, 0.4) is 0 Å². The number of amides is 1. The largest absolute Gasteiger partial charge is 0.420 e. The van der Waals surface area contributed by atoms with Crippen LogP contribution in [0.15, 0.2) is 30.5 Å². The van der Waals surface area contributed by atoms with Crippen LogP contribution in [0.25, 0.3) is 21.0 Å². The molecule has 2 N–H and O–H groups in total. The second-order valence-electron chi connectivity index (χ2n) is 7.86. The van der Waals surface area contributed by atoms with Gasteiger partial charge < -0.3 is 15.4 Å². The van der Waals surface area contributed by atoms with Crippen molar-refractivity contribution in [2.45, 2.75) is 18.7 Å². The maximum Gasteiger partial charge on any atom is 0.263 e. The number of fused-ring (bicyclic) bond motifs is 5. The number of hydrogen-bond acceptors (Lipinski definition) is 9. The van der Waals surface area contributed by atoms with E-state index >= 15 is 0 Å². The van der Waals surface area contributed by atoms with Crippen LogP contribution in [0.5, 0.6) is 11.8 Å².